The molecule has 1 aliphatic rings. The summed E-state index contributed by atoms with van der Waals surface area (Å²) in [7, 11) is 0. The lowest BCUT2D eigenvalue weighted by Gasteiger charge is -2.36. The van der Waals surface area contributed by atoms with E-state index in [1.54, 1.807) is 0 Å². The molecule has 0 amide bonds. The van der Waals surface area contributed by atoms with Crippen molar-refractivity contribution >= 4 is 17.3 Å². The molecule has 0 aromatic heterocycles. The van der Waals surface area contributed by atoms with Gasteiger partial charge in [0.2, 0.25) is 0 Å². The van der Waals surface area contributed by atoms with Crippen LogP contribution in [0.2, 0.25) is 0 Å². The van der Waals surface area contributed by atoms with E-state index in [4.69, 9.17) is 18.0 Å². The molecular formula is C8H15N3S. The predicted octanol–water partition coefficient (Wildman–Crippen LogP) is 0.0799. The Morgan fingerprint density at radius 1 is 1.83 bits per heavy atom. The molecule has 1 saturated heterocycles. The smallest absolute Gasteiger partial charge is 0.166 e. The normalized spacial score (nSPS) is 23.7. The van der Waals surface area contributed by atoms with Crippen LogP contribution in [0.4, 0.5) is 0 Å². The van der Waals surface area contributed by atoms with Gasteiger partial charge in [-0.05, 0) is 18.6 Å². The van der Waals surface area contributed by atoms with E-state index in [-0.39, 0.29) is 0 Å². The van der Waals surface area contributed by atoms with Crippen molar-refractivity contribution in [1.29, 1.82) is 0 Å². The van der Waals surface area contributed by atoms with Crippen molar-refractivity contribution in [2.45, 2.75) is 12.5 Å². The van der Waals surface area contributed by atoms with E-state index in [9.17, 15) is 0 Å². The first kappa shape index (κ1) is 9.48. The Hall–Kier alpha value is -0.610. The second kappa shape index (κ2) is 4.42. The molecule has 0 aliphatic carbocycles. The Bertz CT molecular complexity index is 181. The number of nitrogens with two attached hydrogens (primary N) is 1. The van der Waals surface area contributed by atoms with Crippen LogP contribution < -0.4 is 11.1 Å². The summed E-state index contributed by atoms with van der Waals surface area (Å²) in [6.45, 7) is 6.53. The minimum absolute atomic E-state index is 0.397. The van der Waals surface area contributed by atoms with Crippen LogP contribution in [-0.4, -0.2) is 35.7 Å². The Morgan fingerprint density at radius 3 is 3.17 bits per heavy atom. The van der Waals surface area contributed by atoms with E-state index >= 15 is 0 Å². The number of hydrogen-bond acceptors (Lipinski definition) is 2. The van der Waals surface area contributed by atoms with Crippen LogP contribution in [-0.2, 0) is 0 Å². The molecule has 12 heavy (non-hydrogen) atoms. The highest BCUT2D eigenvalue weighted by Gasteiger charge is 2.21. The minimum Gasteiger partial charge on any atom is -0.376 e. The Kier molecular flexibility index (Phi) is 3.49. The summed E-state index contributed by atoms with van der Waals surface area (Å²) in [5.74, 6) is 0. The zero-order valence-electron chi connectivity index (χ0n) is 7.12. The molecule has 3 nitrogen and oxygen atoms in total. The van der Waals surface area contributed by atoms with E-state index in [2.05, 4.69) is 16.8 Å². The molecule has 1 heterocycles. The second-order valence-corrected chi connectivity index (χ2v) is 3.33. The first-order chi connectivity index (χ1) is 5.75. The molecule has 3 N–H and O–H groups in total. The summed E-state index contributed by atoms with van der Waals surface area (Å²) in [5, 5.41) is 3.80. The van der Waals surface area contributed by atoms with Gasteiger partial charge in [0.1, 0.15) is 0 Å². The van der Waals surface area contributed by atoms with Crippen molar-refractivity contribution in [1.82, 2.24) is 10.2 Å². The van der Waals surface area contributed by atoms with E-state index in [0.29, 0.717) is 11.2 Å². The Morgan fingerprint density at radius 2 is 2.58 bits per heavy atom. The van der Waals surface area contributed by atoms with Crippen LogP contribution >= 0.6 is 12.2 Å². The largest absolute Gasteiger partial charge is 0.376 e. The molecule has 0 bridgehead atoms. The zero-order valence-corrected chi connectivity index (χ0v) is 7.94. The van der Waals surface area contributed by atoms with E-state index in [0.717, 1.165) is 26.1 Å². The summed E-state index contributed by atoms with van der Waals surface area (Å²) in [5.41, 5.74) is 5.58. The molecule has 1 fully saturated rings. The Balaban J connectivity index is 2.53. The van der Waals surface area contributed by atoms with Crippen molar-refractivity contribution in [2.75, 3.05) is 19.6 Å². The highest BCUT2D eigenvalue weighted by Crippen LogP contribution is 2.06. The molecule has 0 radical (unpaired) electrons. The fraction of sp³-hybridized carbons (Fsp3) is 0.625. The summed E-state index contributed by atoms with van der Waals surface area (Å²) in [6.07, 6.45) is 2.84. The molecule has 68 valence electrons. The molecule has 1 aliphatic heterocycles. The molecule has 0 saturated carbocycles. The van der Waals surface area contributed by atoms with E-state index in [1.165, 1.54) is 0 Å². The number of piperazine rings is 1. The molecule has 1 atom stereocenters. The van der Waals surface area contributed by atoms with Gasteiger partial charge >= 0.3 is 0 Å². The lowest BCUT2D eigenvalue weighted by molar-refractivity contribution is 0.260. The second-order valence-electron chi connectivity index (χ2n) is 2.91. The highest BCUT2D eigenvalue weighted by atomic mass is 32.1. The maximum atomic E-state index is 5.58. The van der Waals surface area contributed by atoms with E-state index in [1.807, 2.05) is 6.08 Å². The van der Waals surface area contributed by atoms with Gasteiger partial charge in [0.15, 0.2) is 5.11 Å². The van der Waals surface area contributed by atoms with Gasteiger partial charge in [-0.2, -0.15) is 0 Å². The SMILES string of the molecule is C=CCC1CNCCN1C(N)=S. The Labute approximate surface area is 78.6 Å². The molecule has 0 aromatic carbocycles. The third-order valence-electron chi connectivity index (χ3n) is 2.07. The van der Waals surface area contributed by atoms with Crippen molar-refractivity contribution in [2.24, 2.45) is 5.73 Å². The first-order valence-corrected chi connectivity index (χ1v) is 4.54. The average molecular weight is 185 g/mol. The summed E-state index contributed by atoms with van der Waals surface area (Å²) >= 11 is 4.95. The molecule has 0 aromatic rings. The monoisotopic (exact) mass is 185 g/mol. The first-order valence-electron chi connectivity index (χ1n) is 4.13. The standard InChI is InChI=1S/C8H15N3S/c1-2-3-7-6-10-4-5-11(7)8(9)12/h2,7,10H,1,3-6H2,(H2,9,12). The topological polar surface area (TPSA) is 41.3 Å². The summed E-state index contributed by atoms with van der Waals surface area (Å²) in [4.78, 5) is 2.06. The van der Waals surface area contributed by atoms with E-state index < -0.39 is 0 Å². The van der Waals surface area contributed by atoms with Crippen molar-refractivity contribution in [3.05, 3.63) is 12.7 Å². The lowest BCUT2D eigenvalue weighted by Crippen LogP contribution is -2.54. The van der Waals surface area contributed by atoms with Gasteiger partial charge in [-0.15, -0.1) is 6.58 Å². The lowest BCUT2D eigenvalue weighted by atomic mass is 10.1. The molecule has 4 heteroatoms. The van der Waals surface area contributed by atoms with Crippen LogP contribution in [0.3, 0.4) is 0 Å². The highest BCUT2D eigenvalue weighted by molar-refractivity contribution is 7.80. The maximum absolute atomic E-state index is 5.58. The van der Waals surface area contributed by atoms with Gasteiger partial charge in [0.25, 0.3) is 0 Å². The van der Waals surface area contributed by atoms with Gasteiger partial charge < -0.3 is 16.0 Å². The molecule has 1 unspecified atom stereocenters. The third-order valence-corrected chi connectivity index (χ3v) is 2.31. The quantitative estimate of drug-likeness (QED) is 0.472. The fourth-order valence-electron chi connectivity index (χ4n) is 1.45. The van der Waals surface area contributed by atoms with Gasteiger partial charge in [0, 0.05) is 25.7 Å². The van der Waals surface area contributed by atoms with Crippen LogP contribution in [0.5, 0.6) is 0 Å². The van der Waals surface area contributed by atoms with Gasteiger partial charge in [-0.1, -0.05) is 6.08 Å². The number of thiocarbonyl (C=S) groups is 1. The van der Waals surface area contributed by atoms with Crippen LogP contribution in [0.15, 0.2) is 12.7 Å². The summed E-state index contributed by atoms with van der Waals surface area (Å²) < 4.78 is 0. The number of hydrogen-bond donors (Lipinski definition) is 2. The minimum atomic E-state index is 0.397. The van der Waals surface area contributed by atoms with Crippen LogP contribution in [0, 0.1) is 0 Å². The number of rotatable bonds is 2. The number of nitrogens with one attached hydrogen (secondary N) is 1. The summed E-state index contributed by atoms with van der Waals surface area (Å²) in [6, 6.07) is 0.397. The van der Waals surface area contributed by atoms with Crippen LogP contribution in [0.1, 0.15) is 6.42 Å². The zero-order chi connectivity index (χ0) is 8.97. The van der Waals surface area contributed by atoms with Gasteiger partial charge in [-0.3, -0.25) is 0 Å². The van der Waals surface area contributed by atoms with Crippen molar-refractivity contribution in [3.8, 4) is 0 Å². The third kappa shape index (κ3) is 2.19. The van der Waals surface area contributed by atoms with Gasteiger partial charge in [-0.25, -0.2) is 0 Å². The average Bonchev–Trinajstić information content (AvgIpc) is 2.05. The molecular weight excluding hydrogens is 170 g/mol. The molecule has 0 spiro atoms. The molecule has 1 rings (SSSR count). The number of nitrogens with zero attached hydrogens (tertiary/aromatic N) is 1. The fourth-order valence-corrected chi connectivity index (χ4v) is 1.69. The van der Waals surface area contributed by atoms with Crippen molar-refractivity contribution < 1.29 is 0 Å². The maximum Gasteiger partial charge on any atom is 0.166 e. The predicted molar refractivity (Wildman–Crippen MR) is 55.0 cm³/mol. The van der Waals surface area contributed by atoms with Gasteiger partial charge in [0.05, 0.1) is 0 Å². The van der Waals surface area contributed by atoms with Crippen molar-refractivity contribution in [3.63, 3.8) is 0 Å². The van der Waals surface area contributed by atoms with Crippen LogP contribution in [0.25, 0.3) is 0 Å².